The first-order valence-electron chi connectivity index (χ1n) is 7.27. The van der Waals surface area contributed by atoms with Crippen molar-refractivity contribution in [1.29, 1.82) is 0 Å². The summed E-state index contributed by atoms with van der Waals surface area (Å²) in [6.07, 6.45) is 2.33. The highest BCUT2D eigenvalue weighted by Crippen LogP contribution is 2.27. The van der Waals surface area contributed by atoms with E-state index >= 15 is 0 Å². The molecule has 2 atom stereocenters. The van der Waals surface area contributed by atoms with Crippen LogP contribution in [0.2, 0.25) is 0 Å². The van der Waals surface area contributed by atoms with E-state index < -0.39 is 17.9 Å². The number of hydrogen-bond donors (Lipinski definition) is 1. The average Bonchev–Trinajstić information content (AvgIpc) is 2.49. The Balaban J connectivity index is 1.77. The van der Waals surface area contributed by atoms with Gasteiger partial charge in [0.25, 0.3) is 0 Å². The molecule has 110 valence electrons. The smallest absolute Gasteiger partial charge is 0.249 e. The van der Waals surface area contributed by atoms with Gasteiger partial charge in [0.05, 0.1) is 0 Å². The molecule has 21 heavy (non-hydrogen) atoms. The number of amides is 3. The number of carbonyl (C=O) groups excluding carboxylic acids is 3. The van der Waals surface area contributed by atoms with Gasteiger partial charge in [0.1, 0.15) is 12.6 Å². The summed E-state index contributed by atoms with van der Waals surface area (Å²) >= 11 is 0. The van der Waals surface area contributed by atoms with Crippen LogP contribution >= 0.6 is 0 Å². The maximum Gasteiger partial charge on any atom is 0.249 e. The third-order valence-corrected chi connectivity index (χ3v) is 4.40. The normalized spacial score (nSPS) is 25.3. The van der Waals surface area contributed by atoms with Gasteiger partial charge in [-0.1, -0.05) is 24.3 Å². The summed E-state index contributed by atoms with van der Waals surface area (Å²) in [7, 11) is 0. The molecule has 0 radical (unpaired) electrons. The molecule has 3 rings (SSSR count). The van der Waals surface area contributed by atoms with Crippen LogP contribution in [-0.4, -0.2) is 35.2 Å². The van der Waals surface area contributed by atoms with Crippen LogP contribution < -0.4 is 5.32 Å². The molecule has 0 aromatic heterocycles. The summed E-state index contributed by atoms with van der Waals surface area (Å²) in [6.45, 7) is 1.64. The van der Waals surface area contributed by atoms with Gasteiger partial charge in [-0.3, -0.25) is 19.7 Å². The van der Waals surface area contributed by atoms with Crippen LogP contribution in [0, 0.1) is 5.92 Å². The molecule has 0 spiro atoms. The molecule has 1 N–H and O–H groups in total. The Kier molecular flexibility index (Phi) is 3.49. The molecule has 2 unspecified atom stereocenters. The molecule has 0 bridgehead atoms. The quantitative estimate of drug-likeness (QED) is 0.771. The number of hydrogen-bond acceptors (Lipinski definition) is 3. The maximum absolute atomic E-state index is 12.7. The highest BCUT2D eigenvalue weighted by Gasteiger charge is 2.37. The lowest BCUT2D eigenvalue weighted by atomic mass is 9.83. The van der Waals surface area contributed by atoms with Gasteiger partial charge in [-0.25, -0.2) is 0 Å². The van der Waals surface area contributed by atoms with Crippen molar-refractivity contribution in [2.75, 3.05) is 6.54 Å². The molecule has 3 amide bonds. The van der Waals surface area contributed by atoms with Crippen LogP contribution in [0.5, 0.6) is 0 Å². The Bertz CT molecular complexity index is 611. The molecule has 1 heterocycles. The highest BCUT2D eigenvalue weighted by molar-refractivity contribution is 6.04. The van der Waals surface area contributed by atoms with Gasteiger partial charge in [0.2, 0.25) is 17.7 Å². The Morgan fingerprint density at radius 1 is 1.24 bits per heavy atom. The zero-order valence-electron chi connectivity index (χ0n) is 12.0. The number of carbonyl (C=O) groups is 3. The standard InChI is InChI=1S/C16H18N2O3/c1-10-15(20)17-14(19)9-18(10)16(21)13-7-6-11-4-2-3-5-12(11)8-13/h2-5,10,13H,6-9H2,1H3,(H,17,19,20). The first kappa shape index (κ1) is 13.8. The minimum absolute atomic E-state index is 0.0239. The maximum atomic E-state index is 12.7. The van der Waals surface area contributed by atoms with Crippen molar-refractivity contribution in [1.82, 2.24) is 10.2 Å². The van der Waals surface area contributed by atoms with Crippen LogP contribution in [-0.2, 0) is 27.2 Å². The lowest BCUT2D eigenvalue weighted by Gasteiger charge is -2.35. The van der Waals surface area contributed by atoms with Crippen LogP contribution in [0.1, 0.15) is 24.5 Å². The average molecular weight is 286 g/mol. The van der Waals surface area contributed by atoms with E-state index in [0.717, 1.165) is 12.8 Å². The number of nitrogens with zero attached hydrogens (tertiary/aromatic N) is 1. The number of nitrogens with one attached hydrogen (secondary N) is 1. The van der Waals surface area contributed by atoms with Gasteiger partial charge in [0, 0.05) is 5.92 Å². The van der Waals surface area contributed by atoms with Crippen molar-refractivity contribution in [2.24, 2.45) is 5.92 Å². The fourth-order valence-corrected chi connectivity index (χ4v) is 3.13. The topological polar surface area (TPSA) is 66.5 Å². The van der Waals surface area contributed by atoms with Gasteiger partial charge < -0.3 is 4.90 Å². The molecule has 5 nitrogen and oxygen atoms in total. The van der Waals surface area contributed by atoms with E-state index in [-0.39, 0.29) is 18.4 Å². The predicted molar refractivity (Wildman–Crippen MR) is 76.3 cm³/mol. The van der Waals surface area contributed by atoms with E-state index in [1.54, 1.807) is 6.92 Å². The first-order valence-corrected chi connectivity index (χ1v) is 7.27. The molecule has 2 aliphatic rings. The third-order valence-electron chi connectivity index (χ3n) is 4.40. The molecule has 1 aliphatic carbocycles. The fraction of sp³-hybridized carbons (Fsp3) is 0.438. The molecular formula is C16H18N2O3. The molecule has 1 aromatic carbocycles. The molecule has 1 aliphatic heterocycles. The number of benzene rings is 1. The summed E-state index contributed by atoms with van der Waals surface area (Å²) < 4.78 is 0. The van der Waals surface area contributed by atoms with Crippen LogP contribution in [0.25, 0.3) is 0 Å². The molecule has 5 heteroatoms. The van der Waals surface area contributed by atoms with E-state index in [4.69, 9.17) is 0 Å². The second-order valence-corrected chi connectivity index (χ2v) is 5.76. The van der Waals surface area contributed by atoms with Crippen LogP contribution in [0.4, 0.5) is 0 Å². The van der Waals surface area contributed by atoms with Gasteiger partial charge in [-0.05, 0) is 37.3 Å². The number of rotatable bonds is 1. The van der Waals surface area contributed by atoms with Crippen molar-refractivity contribution in [3.8, 4) is 0 Å². The summed E-state index contributed by atoms with van der Waals surface area (Å²) in [5.74, 6) is -1.01. The van der Waals surface area contributed by atoms with Crippen LogP contribution in [0.15, 0.2) is 24.3 Å². The Morgan fingerprint density at radius 3 is 2.71 bits per heavy atom. The van der Waals surface area contributed by atoms with Gasteiger partial charge >= 0.3 is 0 Å². The summed E-state index contributed by atoms with van der Waals surface area (Å²) in [6, 6.07) is 7.55. The number of imide groups is 1. The molecule has 1 aromatic rings. The van der Waals surface area contributed by atoms with Gasteiger partial charge in [-0.15, -0.1) is 0 Å². The molecule has 1 saturated heterocycles. The van der Waals surface area contributed by atoms with E-state index in [0.29, 0.717) is 6.42 Å². The molecular weight excluding hydrogens is 268 g/mol. The van der Waals surface area contributed by atoms with Crippen LogP contribution in [0.3, 0.4) is 0 Å². The third kappa shape index (κ3) is 2.55. The number of fused-ring (bicyclic) bond motifs is 1. The van der Waals surface area contributed by atoms with E-state index in [2.05, 4.69) is 11.4 Å². The Labute approximate surface area is 123 Å². The molecule has 0 saturated carbocycles. The summed E-state index contributed by atoms with van der Waals surface area (Å²) in [5.41, 5.74) is 2.49. The van der Waals surface area contributed by atoms with Gasteiger partial charge in [-0.2, -0.15) is 0 Å². The zero-order chi connectivity index (χ0) is 15.0. The zero-order valence-corrected chi connectivity index (χ0v) is 12.0. The van der Waals surface area contributed by atoms with Crippen molar-refractivity contribution in [3.05, 3.63) is 35.4 Å². The SMILES string of the molecule is CC1C(=O)NC(=O)CN1C(=O)C1CCc2ccccc2C1. The van der Waals surface area contributed by atoms with Crippen molar-refractivity contribution in [2.45, 2.75) is 32.2 Å². The van der Waals surface area contributed by atoms with E-state index in [9.17, 15) is 14.4 Å². The van der Waals surface area contributed by atoms with Crippen molar-refractivity contribution in [3.63, 3.8) is 0 Å². The van der Waals surface area contributed by atoms with Crippen molar-refractivity contribution < 1.29 is 14.4 Å². The minimum atomic E-state index is -0.577. The first-order chi connectivity index (χ1) is 10.1. The highest BCUT2D eigenvalue weighted by atomic mass is 16.2. The lowest BCUT2D eigenvalue weighted by Crippen LogP contribution is -2.59. The Hall–Kier alpha value is -2.17. The summed E-state index contributed by atoms with van der Waals surface area (Å²) in [5, 5.41) is 2.26. The monoisotopic (exact) mass is 286 g/mol. The minimum Gasteiger partial charge on any atom is -0.321 e. The lowest BCUT2D eigenvalue weighted by molar-refractivity contribution is -0.151. The largest absolute Gasteiger partial charge is 0.321 e. The van der Waals surface area contributed by atoms with Gasteiger partial charge in [0.15, 0.2) is 0 Å². The molecule has 1 fully saturated rings. The fourth-order valence-electron chi connectivity index (χ4n) is 3.13. The second kappa shape index (κ2) is 5.31. The number of aryl methyl sites for hydroxylation is 1. The second-order valence-electron chi connectivity index (χ2n) is 5.76. The van der Waals surface area contributed by atoms with E-state index in [1.807, 2.05) is 18.2 Å². The summed E-state index contributed by atoms with van der Waals surface area (Å²) in [4.78, 5) is 37.2. The number of piperazine rings is 1. The van der Waals surface area contributed by atoms with E-state index in [1.165, 1.54) is 16.0 Å². The Morgan fingerprint density at radius 2 is 1.95 bits per heavy atom. The predicted octanol–water partition coefficient (Wildman–Crippen LogP) is 0.665. The van der Waals surface area contributed by atoms with Crippen molar-refractivity contribution >= 4 is 17.7 Å².